The number of aliphatic hydroxyl groups is 1. The Morgan fingerprint density at radius 1 is 1.07 bits per heavy atom. The summed E-state index contributed by atoms with van der Waals surface area (Å²) in [6.07, 6.45) is 0. The first kappa shape index (κ1) is 21.7. The average molecular weight is 432 g/mol. The fraction of sp³-hybridized carbons (Fsp3) is 0.273. The number of hydrogen-bond donors (Lipinski definition) is 1. The number of benzene rings is 2. The quantitative estimate of drug-likeness (QED) is 0.410. The third-order valence-corrected chi connectivity index (χ3v) is 5.24. The predicted octanol–water partition coefficient (Wildman–Crippen LogP) is 3.43. The lowest BCUT2D eigenvalue weighted by Crippen LogP contribution is -2.32. The summed E-state index contributed by atoms with van der Waals surface area (Å²) in [4.78, 5) is 27.1. The van der Waals surface area contributed by atoms with Crippen molar-refractivity contribution in [1.29, 1.82) is 0 Å². The molecule has 0 bridgehead atoms. The minimum Gasteiger partial charge on any atom is -0.507 e. The van der Waals surface area contributed by atoms with Gasteiger partial charge in [-0.3, -0.25) is 9.59 Å². The Morgan fingerprint density at radius 2 is 1.77 bits per heavy atom. The van der Waals surface area contributed by atoms with Crippen molar-refractivity contribution < 1.29 is 28.9 Å². The van der Waals surface area contributed by atoms with Gasteiger partial charge in [-0.05, 0) is 35.9 Å². The number of hydrogen-bond acceptors (Lipinski definition) is 6. The number of nitrogens with zero attached hydrogens (tertiary/aromatic N) is 1. The molecule has 2 aromatic carbocycles. The Balaban J connectivity index is 2.22. The molecule has 0 aliphatic carbocycles. The highest BCUT2D eigenvalue weighted by Crippen LogP contribution is 2.41. The maximum absolute atomic E-state index is 12.9. The van der Waals surface area contributed by atoms with Crippen LogP contribution >= 0.6 is 11.6 Å². The Morgan fingerprint density at radius 3 is 2.43 bits per heavy atom. The van der Waals surface area contributed by atoms with Crippen molar-refractivity contribution in [2.24, 2.45) is 0 Å². The van der Waals surface area contributed by atoms with Crippen LogP contribution in [0.1, 0.15) is 17.2 Å². The molecule has 0 radical (unpaired) electrons. The van der Waals surface area contributed by atoms with E-state index in [1.807, 2.05) is 0 Å². The highest BCUT2D eigenvalue weighted by atomic mass is 35.5. The molecule has 1 fully saturated rings. The fourth-order valence-corrected chi connectivity index (χ4v) is 3.62. The summed E-state index contributed by atoms with van der Waals surface area (Å²) in [6, 6.07) is 10.9. The highest BCUT2D eigenvalue weighted by molar-refractivity contribution is 6.47. The van der Waals surface area contributed by atoms with Crippen LogP contribution in [0.15, 0.2) is 48.0 Å². The van der Waals surface area contributed by atoms with Crippen LogP contribution in [-0.4, -0.2) is 56.2 Å². The third kappa shape index (κ3) is 3.99. The number of ketones is 1. The number of amides is 1. The van der Waals surface area contributed by atoms with Crippen LogP contribution in [0.4, 0.5) is 0 Å². The van der Waals surface area contributed by atoms with Crippen molar-refractivity contribution in [2.45, 2.75) is 6.04 Å². The van der Waals surface area contributed by atoms with Gasteiger partial charge in [0.05, 0.1) is 37.5 Å². The van der Waals surface area contributed by atoms with Crippen molar-refractivity contribution in [1.82, 2.24) is 4.90 Å². The second-order valence-corrected chi connectivity index (χ2v) is 7.01. The third-order valence-electron chi connectivity index (χ3n) is 4.91. The van der Waals surface area contributed by atoms with Crippen LogP contribution in [0.5, 0.6) is 11.5 Å². The zero-order chi connectivity index (χ0) is 21.8. The molecule has 1 atom stereocenters. The van der Waals surface area contributed by atoms with E-state index in [1.54, 1.807) is 36.4 Å². The van der Waals surface area contributed by atoms with Gasteiger partial charge in [0.1, 0.15) is 17.3 Å². The zero-order valence-electron chi connectivity index (χ0n) is 16.8. The van der Waals surface area contributed by atoms with E-state index >= 15 is 0 Å². The van der Waals surface area contributed by atoms with E-state index in [4.69, 9.17) is 25.8 Å². The van der Waals surface area contributed by atoms with Gasteiger partial charge in [-0.25, -0.2) is 0 Å². The summed E-state index contributed by atoms with van der Waals surface area (Å²) in [7, 11) is 4.51. The molecule has 3 rings (SSSR count). The highest BCUT2D eigenvalue weighted by Gasteiger charge is 2.46. The van der Waals surface area contributed by atoms with E-state index < -0.39 is 17.7 Å². The summed E-state index contributed by atoms with van der Waals surface area (Å²) >= 11 is 6.27. The topological polar surface area (TPSA) is 85.3 Å². The first-order valence-corrected chi connectivity index (χ1v) is 9.56. The monoisotopic (exact) mass is 431 g/mol. The maximum atomic E-state index is 12.9. The Labute approximate surface area is 179 Å². The smallest absolute Gasteiger partial charge is 0.295 e. The molecule has 1 unspecified atom stereocenters. The standard InChI is InChI=1S/C22H22ClNO6/c1-28-10-9-24-19(13-5-4-6-14(11-13)29-2)18(21(26)22(24)27)20(25)16-12-15(30-3)7-8-17(16)23/h4-8,11-12,19,25H,9-10H2,1-3H3/b20-18+. The average Bonchev–Trinajstić information content (AvgIpc) is 3.02. The van der Waals surface area contributed by atoms with E-state index in [9.17, 15) is 14.7 Å². The van der Waals surface area contributed by atoms with Gasteiger partial charge in [0.15, 0.2) is 0 Å². The summed E-state index contributed by atoms with van der Waals surface area (Å²) < 4.78 is 15.6. The minimum atomic E-state index is -0.822. The van der Waals surface area contributed by atoms with E-state index in [0.29, 0.717) is 17.1 Å². The van der Waals surface area contributed by atoms with Gasteiger partial charge in [-0.15, -0.1) is 0 Å². The second-order valence-electron chi connectivity index (χ2n) is 6.61. The van der Waals surface area contributed by atoms with E-state index in [2.05, 4.69) is 0 Å². The lowest BCUT2D eigenvalue weighted by Gasteiger charge is -2.25. The van der Waals surface area contributed by atoms with Crippen LogP contribution in [0.2, 0.25) is 5.02 Å². The minimum absolute atomic E-state index is 0.0560. The van der Waals surface area contributed by atoms with Crippen molar-refractivity contribution >= 4 is 29.1 Å². The predicted molar refractivity (Wildman–Crippen MR) is 112 cm³/mol. The molecule has 2 aromatic rings. The van der Waals surface area contributed by atoms with Gasteiger partial charge < -0.3 is 24.2 Å². The number of halogens is 1. The lowest BCUT2D eigenvalue weighted by molar-refractivity contribution is -0.140. The van der Waals surface area contributed by atoms with Crippen molar-refractivity contribution in [3.8, 4) is 11.5 Å². The molecule has 0 spiro atoms. The second kappa shape index (κ2) is 9.19. The number of likely N-dealkylation sites (tertiary alicyclic amines) is 1. The number of rotatable bonds is 7. The number of carbonyl (C=O) groups is 2. The zero-order valence-corrected chi connectivity index (χ0v) is 17.6. The summed E-state index contributed by atoms with van der Waals surface area (Å²) in [5.41, 5.74) is 0.762. The first-order valence-electron chi connectivity index (χ1n) is 9.18. The fourth-order valence-electron chi connectivity index (χ4n) is 3.42. The number of methoxy groups -OCH3 is 3. The molecule has 1 aliphatic rings. The Kier molecular flexibility index (Phi) is 6.64. The van der Waals surface area contributed by atoms with Crippen molar-refractivity contribution in [2.75, 3.05) is 34.5 Å². The number of aliphatic hydroxyl groups excluding tert-OH is 1. The molecule has 158 valence electrons. The van der Waals surface area contributed by atoms with Gasteiger partial charge in [-0.1, -0.05) is 23.7 Å². The van der Waals surface area contributed by atoms with Crippen molar-refractivity contribution in [3.63, 3.8) is 0 Å². The Hall–Kier alpha value is -3.03. The number of carbonyl (C=O) groups excluding carboxylic acids is 2. The molecule has 0 aromatic heterocycles. The molecule has 1 saturated heterocycles. The normalized spacial score (nSPS) is 18.0. The van der Waals surface area contributed by atoms with Crippen molar-refractivity contribution in [3.05, 3.63) is 64.2 Å². The number of ether oxygens (including phenoxy) is 3. The molecule has 0 saturated carbocycles. The van der Waals surface area contributed by atoms with E-state index in [1.165, 1.54) is 32.3 Å². The molecule has 1 amide bonds. The molecule has 1 heterocycles. The molecule has 7 nitrogen and oxygen atoms in total. The molecule has 8 heteroatoms. The van der Waals surface area contributed by atoms with Gasteiger partial charge in [0, 0.05) is 19.2 Å². The van der Waals surface area contributed by atoms with E-state index in [0.717, 1.165) is 0 Å². The number of Topliss-reactive ketones (excluding diaryl/α,β-unsaturated/α-hetero) is 1. The first-order chi connectivity index (χ1) is 14.4. The Bertz CT molecular complexity index is 1000. The van der Waals surface area contributed by atoms with Crippen LogP contribution in [0, 0.1) is 0 Å². The van der Waals surface area contributed by atoms with Crippen LogP contribution in [0.3, 0.4) is 0 Å². The van der Waals surface area contributed by atoms with Crippen LogP contribution in [-0.2, 0) is 14.3 Å². The van der Waals surface area contributed by atoms with Crippen LogP contribution < -0.4 is 9.47 Å². The SMILES string of the molecule is COCCN1C(=O)C(=O)/C(=C(/O)c2cc(OC)ccc2Cl)C1c1cccc(OC)c1. The van der Waals surface area contributed by atoms with Gasteiger partial charge in [-0.2, -0.15) is 0 Å². The molecular weight excluding hydrogens is 410 g/mol. The van der Waals surface area contributed by atoms with Crippen LogP contribution in [0.25, 0.3) is 5.76 Å². The summed E-state index contributed by atoms with van der Waals surface area (Å²) in [5, 5.41) is 11.3. The molecular formula is C22H22ClNO6. The summed E-state index contributed by atoms with van der Waals surface area (Å²) in [5.74, 6) is -0.877. The lowest BCUT2D eigenvalue weighted by atomic mass is 9.95. The van der Waals surface area contributed by atoms with Gasteiger partial charge >= 0.3 is 0 Å². The molecule has 1 N–H and O–H groups in total. The molecule has 30 heavy (non-hydrogen) atoms. The van der Waals surface area contributed by atoms with E-state index in [-0.39, 0.29) is 35.1 Å². The summed E-state index contributed by atoms with van der Waals surface area (Å²) in [6.45, 7) is 0.402. The largest absolute Gasteiger partial charge is 0.507 e. The van der Waals surface area contributed by atoms with Gasteiger partial charge in [0.25, 0.3) is 11.7 Å². The van der Waals surface area contributed by atoms with Gasteiger partial charge in [0.2, 0.25) is 0 Å². The maximum Gasteiger partial charge on any atom is 0.295 e. The molecule has 1 aliphatic heterocycles.